The van der Waals surface area contributed by atoms with E-state index in [0.717, 1.165) is 29.7 Å². The Hall–Kier alpha value is -1.49. The van der Waals surface area contributed by atoms with Gasteiger partial charge in [0.1, 0.15) is 5.82 Å². The number of nitrogens with zero attached hydrogens (tertiary/aromatic N) is 3. The second kappa shape index (κ2) is 6.44. The van der Waals surface area contributed by atoms with Crippen molar-refractivity contribution < 1.29 is 0 Å². The molecule has 0 atom stereocenters. The van der Waals surface area contributed by atoms with Crippen molar-refractivity contribution >= 4 is 17.6 Å². The van der Waals surface area contributed by atoms with E-state index in [-0.39, 0.29) is 0 Å². The Labute approximate surface area is 112 Å². The second-order valence-electron chi connectivity index (χ2n) is 4.09. The molecule has 2 aromatic heterocycles. The number of anilines is 1. The third-order valence-electron chi connectivity index (χ3n) is 2.53. The maximum Gasteiger partial charge on any atom is 0.167 e. The standard InChI is InChI=1S/C13H18N4S/c1-3-6-14-12-5-4-11(9-16-12)10-18-13-15-7-8-17(13)2/h4-5,7-9H,3,6,10H2,1-2H3,(H,14,16). The van der Waals surface area contributed by atoms with Crippen LogP contribution in [-0.4, -0.2) is 21.1 Å². The molecule has 2 aromatic rings. The summed E-state index contributed by atoms with van der Waals surface area (Å²) in [7, 11) is 2.01. The van der Waals surface area contributed by atoms with Crippen LogP contribution in [0.4, 0.5) is 5.82 Å². The van der Waals surface area contributed by atoms with Crippen molar-refractivity contribution in [3.8, 4) is 0 Å². The van der Waals surface area contributed by atoms with Crippen LogP contribution in [-0.2, 0) is 12.8 Å². The van der Waals surface area contributed by atoms with Gasteiger partial charge in [-0.2, -0.15) is 0 Å². The molecule has 2 heterocycles. The summed E-state index contributed by atoms with van der Waals surface area (Å²) in [4.78, 5) is 8.67. The number of thioether (sulfide) groups is 1. The van der Waals surface area contributed by atoms with Crippen molar-refractivity contribution in [3.05, 3.63) is 36.3 Å². The van der Waals surface area contributed by atoms with Gasteiger partial charge in [-0.3, -0.25) is 0 Å². The Morgan fingerprint density at radius 3 is 2.83 bits per heavy atom. The smallest absolute Gasteiger partial charge is 0.167 e. The van der Waals surface area contributed by atoms with Gasteiger partial charge in [0.05, 0.1) is 0 Å². The fourth-order valence-corrected chi connectivity index (χ4v) is 2.37. The molecule has 0 bridgehead atoms. The van der Waals surface area contributed by atoms with E-state index in [0.29, 0.717) is 0 Å². The normalized spacial score (nSPS) is 10.6. The summed E-state index contributed by atoms with van der Waals surface area (Å²) in [6, 6.07) is 4.14. The van der Waals surface area contributed by atoms with E-state index in [4.69, 9.17) is 0 Å². The summed E-state index contributed by atoms with van der Waals surface area (Å²) in [6.07, 6.45) is 6.81. The summed E-state index contributed by atoms with van der Waals surface area (Å²) in [5.74, 6) is 1.84. The third kappa shape index (κ3) is 3.50. The number of nitrogens with one attached hydrogen (secondary N) is 1. The molecule has 0 spiro atoms. The first-order valence-corrected chi connectivity index (χ1v) is 7.07. The van der Waals surface area contributed by atoms with E-state index in [1.165, 1.54) is 5.56 Å². The first kappa shape index (κ1) is 13.0. The molecule has 1 N–H and O–H groups in total. The van der Waals surface area contributed by atoms with Crippen LogP contribution in [0.25, 0.3) is 0 Å². The molecule has 2 rings (SSSR count). The van der Waals surface area contributed by atoms with Crippen molar-refractivity contribution in [2.24, 2.45) is 7.05 Å². The summed E-state index contributed by atoms with van der Waals surface area (Å²) in [5.41, 5.74) is 1.21. The number of hydrogen-bond donors (Lipinski definition) is 1. The van der Waals surface area contributed by atoms with Gasteiger partial charge >= 0.3 is 0 Å². The van der Waals surface area contributed by atoms with E-state index in [1.54, 1.807) is 11.8 Å². The van der Waals surface area contributed by atoms with Gasteiger partial charge < -0.3 is 9.88 Å². The summed E-state index contributed by atoms with van der Waals surface area (Å²) in [6.45, 7) is 3.11. The lowest BCUT2D eigenvalue weighted by Crippen LogP contribution is -2.01. The van der Waals surface area contributed by atoms with E-state index in [2.05, 4.69) is 28.3 Å². The SMILES string of the molecule is CCCNc1ccc(CSc2nccn2C)cn1. The monoisotopic (exact) mass is 262 g/mol. The number of rotatable bonds is 6. The molecule has 0 aliphatic carbocycles. The Morgan fingerprint density at radius 1 is 1.33 bits per heavy atom. The lowest BCUT2D eigenvalue weighted by Gasteiger charge is -2.05. The molecule has 4 nitrogen and oxygen atoms in total. The minimum atomic E-state index is 0.895. The highest BCUT2D eigenvalue weighted by Crippen LogP contribution is 2.20. The van der Waals surface area contributed by atoms with E-state index >= 15 is 0 Å². The van der Waals surface area contributed by atoms with Crippen LogP contribution in [0, 0.1) is 0 Å². The van der Waals surface area contributed by atoms with Crippen LogP contribution < -0.4 is 5.32 Å². The first-order valence-electron chi connectivity index (χ1n) is 6.08. The summed E-state index contributed by atoms with van der Waals surface area (Å²) < 4.78 is 2.02. The maximum absolute atomic E-state index is 4.39. The number of pyridine rings is 1. The van der Waals surface area contributed by atoms with Gasteiger partial charge in [-0.25, -0.2) is 9.97 Å². The quantitative estimate of drug-likeness (QED) is 0.813. The molecule has 0 radical (unpaired) electrons. The number of hydrogen-bond acceptors (Lipinski definition) is 4. The van der Waals surface area contributed by atoms with Gasteiger partial charge in [0.2, 0.25) is 0 Å². The molecule has 0 amide bonds. The molecule has 5 heteroatoms. The van der Waals surface area contributed by atoms with Gasteiger partial charge in [-0.05, 0) is 18.1 Å². The fraction of sp³-hybridized carbons (Fsp3) is 0.385. The zero-order chi connectivity index (χ0) is 12.8. The van der Waals surface area contributed by atoms with Crippen molar-refractivity contribution in [2.45, 2.75) is 24.3 Å². The van der Waals surface area contributed by atoms with Crippen molar-refractivity contribution in [3.63, 3.8) is 0 Å². The number of aryl methyl sites for hydroxylation is 1. The minimum Gasteiger partial charge on any atom is -0.370 e. The van der Waals surface area contributed by atoms with Gasteiger partial charge in [0.15, 0.2) is 5.16 Å². The van der Waals surface area contributed by atoms with E-state index in [9.17, 15) is 0 Å². The van der Waals surface area contributed by atoms with Crippen LogP contribution in [0.5, 0.6) is 0 Å². The third-order valence-corrected chi connectivity index (χ3v) is 3.66. The average molecular weight is 262 g/mol. The van der Waals surface area contributed by atoms with Crippen LogP contribution in [0.1, 0.15) is 18.9 Å². The Kier molecular flexibility index (Phi) is 4.64. The predicted octanol–water partition coefficient (Wildman–Crippen LogP) is 2.93. The molecule has 96 valence electrons. The zero-order valence-electron chi connectivity index (χ0n) is 10.8. The van der Waals surface area contributed by atoms with Crippen LogP contribution in [0.2, 0.25) is 0 Å². The molecular weight excluding hydrogens is 244 g/mol. The van der Waals surface area contributed by atoms with Crippen molar-refractivity contribution in [1.29, 1.82) is 0 Å². The molecule has 0 aliphatic rings. The highest BCUT2D eigenvalue weighted by molar-refractivity contribution is 7.98. The van der Waals surface area contributed by atoms with Gasteiger partial charge in [-0.15, -0.1) is 0 Å². The second-order valence-corrected chi connectivity index (χ2v) is 5.03. The molecular formula is C13H18N4S. The minimum absolute atomic E-state index is 0.895. The van der Waals surface area contributed by atoms with E-state index < -0.39 is 0 Å². The molecule has 0 saturated carbocycles. The summed E-state index contributed by atoms with van der Waals surface area (Å²) in [5, 5.41) is 4.30. The first-order chi connectivity index (χ1) is 8.79. The lowest BCUT2D eigenvalue weighted by atomic mass is 10.3. The summed E-state index contributed by atoms with van der Waals surface area (Å²) >= 11 is 1.72. The number of imidazole rings is 1. The highest BCUT2D eigenvalue weighted by atomic mass is 32.2. The molecule has 0 unspecified atom stereocenters. The van der Waals surface area contributed by atoms with Crippen molar-refractivity contribution in [1.82, 2.24) is 14.5 Å². The van der Waals surface area contributed by atoms with Crippen molar-refractivity contribution in [2.75, 3.05) is 11.9 Å². The largest absolute Gasteiger partial charge is 0.370 e. The van der Waals surface area contributed by atoms with Gasteiger partial charge in [0, 0.05) is 37.9 Å². The fourth-order valence-electron chi connectivity index (χ4n) is 1.51. The Bertz CT molecular complexity index is 478. The molecule has 0 saturated heterocycles. The lowest BCUT2D eigenvalue weighted by molar-refractivity contribution is 0.790. The molecule has 0 aromatic carbocycles. The zero-order valence-corrected chi connectivity index (χ0v) is 11.6. The molecule has 0 fully saturated rings. The Morgan fingerprint density at radius 2 is 2.22 bits per heavy atom. The Balaban J connectivity index is 1.88. The van der Waals surface area contributed by atoms with E-state index in [1.807, 2.05) is 36.3 Å². The van der Waals surface area contributed by atoms with Gasteiger partial charge in [0.25, 0.3) is 0 Å². The topological polar surface area (TPSA) is 42.7 Å². The van der Waals surface area contributed by atoms with Crippen LogP contribution >= 0.6 is 11.8 Å². The highest BCUT2D eigenvalue weighted by Gasteiger charge is 2.01. The number of aromatic nitrogens is 3. The predicted molar refractivity (Wildman–Crippen MR) is 75.8 cm³/mol. The maximum atomic E-state index is 4.39. The molecule has 18 heavy (non-hydrogen) atoms. The average Bonchev–Trinajstić information content (AvgIpc) is 2.81. The van der Waals surface area contributed by atoms with Crippen LogP contribution in [0.3, 0.4) is 0 Å². The van der Waals surface area contributed by atoms with Gasteiger partial charge in [-0.1, -0.05) is 24.8 Å². The van der Waals surface area contributed by atoms with Crippen LogP contribution in [0.15, 0.2) is 35.9 Å². The molecule has 0 aliphatic heterocycles.